The summed E-state index contributed by atoms with van der Waals surface area (Å²) in [6.45, 7) is 1.79. The maximum absolute atomic E-state index is 6.23. The van der Waals surface area contributed by atoms with Crippen LogP contribution in [0.15, 0.2) is 39.3 Å². The Hall–Kier alpha value is -3.62. The summed E-state index contributed by atoms with van der Waals surface area (Å²) in [5, 5.41) is 4.62. The van der Waals surface area contributed by atoms with Crippen LogP contribution in [0.5, 0.6) is 0 Å². The van der Waals surface area contributed by atoms with Gasteiger partial charge in [-0.2, -0.15) is 4.98 Å². The van der Waals surface area contributed by atoms with Crippen LogP contribution in [0.25, 0.3) is 34.0 Å². The van der Waals surface area contributed by atoms with Crippen molar-refractivity contribution in [3.05, 3.63) is 30.3 Å². The van der Waals surface area contributed by atoms with Crippen LogP contribution < -0.4 is 16.4 Å². The van der Waals surface area contributed by atoms with Gasteiger partial charge in [-0.05, 0) is 30.1 Å². The number of nitrogens with two attached hydrogens (primary N) is 2. The molecule has 4 aromatic rings. The van der Waals surface area contributed by atoms with Crippen molar-refractivity contribution in [2.24, 2.45) is 0 Å². The van der Waals surface area contributed by atoms with Crippen LogP contribution >= 0.6 is 0 Å². The molecule has 1 aliphatic rings. The third-order valence-corrected chi connectivity index (χ3v) is 5.11. The van der Waals surface area contributed by atoms with E-state index in [4.69, 9.17) is 25.4 Å². The van der Waals surface area contributed by atoms with Crippen molar-refractivity contribution in [3.8, 4) is 23.0 Å². The second kappa shape index (κ2) is 7.08. The van der Waals surface area contributed by atoms with Crippen molar-refractivity contribution in [1.29, 1.82) is 0 Å². The molecule has 1 aliphatic heterocycles. The van der Waals surface area contributed by atoms with Crippen molar-refractivity contribution in [1.82, 2.24) is 20.1 Å². The largest absolute Gasteiger partial charge is 0.454 e. The number of aromatic nitrogens is 4. The molecule has 9 heteroatoms. The lowest BCUT2D eigenvalue weighted by Crippen LogP contribution is -2.26. The Labute approximate surface area is 166 Å². The molecule has 0 aliphatic carbocycles. The van der Waals surface area contributed by atoms with Gasteiger partial charge in [0, 0.05) is 18.5 Å². The van der Waals surface area contributed by atoms with E-state index < -0.39 is 0 Å². The monoisotopic (exact) mass is 391 g/mol. The van der Waals surface area contributed by atoms with E-state index in [1.807, 2.05) is 30.3 Å². The maximum Gasteiger partial charge on any atom is 0.281 e. The van der Waals surface area contributed by atoms with Crippen LogP contribution in [0.4, 0.5) is 17.6 Å². The molecular formula is C20H21N7O2. The number of anilines is 3. The van der Waals surface area contributed by atoms with E-state index in [1.54, 1.807) is 0 Å². The van der Waals surface area contributed by atoms with Crippen molar-refractivity contribution in [3.63, 3.8) is 0 Å². The van der Waals surface area contributed by atoms with Gasteiger partial charge in [-0.25, -0.2) is 9.97 Å². The number of benzene rings is 1. The molecule has 3 aromatic heterocycles. The normalized spacial score (nSPS) is 15.0. The zero-order valence-electron chi connectivity index (χ0n) is 15.8. The summed E-state index contributed by atoms with van der Waals surface area (Å²) in [4.78, 5) is 15.7. The number of para-hydroxylation sites is 1. The van der Waals surface area contributed by atoms with Crippen LogP contribution in [0.2, 0.25) is 0 Å². The summed E-state index contributed by atoms with van der Waals surface area (Å²) >= 11 is 0. The van der Waals surface area contributed by atoms with Crippen molar-refractivity contribution >= 4 is 28.6 Å². The molecule has 9 nitrogen and oxygen atoms in total. The van der Waals surface area contributed by atoms with E-state index in [9.17, 15) is 0 Å². The highest BCUT2D eigenvalue weighted by Gasteiger charge is 2.25. The fraction of sp³-hybridized carbons (Fsp3) is 0.300. The fourth-order valence-corrected chi connectivity index (χ4v) is 3.69. The summed E-state index contributed by atoms with van der Waals surface area (Å²) in [5.41, 5.74) is 13.5. The van der Waals surface area contributed by atoms with E-state index in [0.717, 1.165) is 36.9 Å². The molecule has 1 fully saturated rings. The number of fused-ring (bicyclic) bond motifs is 1. The summed E-state index contributed by atoms with van der Waals surface area (Å²) < 4.78 is 11.3. The summed E-state index contributed by atoms with van der Waals surface area (Å²) in [5.74, 6) is 1.69. The summed E-state index contributed by atoms with van der Waals surface area (Å²) in [6.07, 6.45) is 4.61. The molecule has 0 saturated carbocycles. The van der Waals surface area contributed by atoms with Gasteiger partial charge < -0.3 is 25.3 Å². The van der Waals surface area contributed by atoms with E-state index >= 15 is 0 Å². The maximum atomic E-state index is 6.23. The molecule has 29 heavy (non-hydrogen) atoms. The minimum Gasteiger partial charge on any atom is -0.454 e. The van der Waals surface area contributed by atoms with E-state index in [1.165, 1.54) is 12.8 Å². The topological polar surface area (TPSA) is 133 Å². The Bertz CT molecular complexity index is 1130. The Kier molecular flexibility index (Phi) is 4.27. The number of hydrogen-bond donors (Lipinski definition) is 2. The van der Waals surface area contributed by atoms with Crippen LogP contribution in [-0.4, -0.2) is 33.2 Å². The molecule has 148 valence electrons. The highest BCUT2D eigenvalue weighted by Crippen LogP contribution is 2.36. The first kappa shape index (κ1) is 17.5. The Morgan fingerprint density at radius 2 is 1.69 bits per heavy atom. The van der Waals surface area contributed by atoms with Gasteiger partial charge in [0.15, 0.2) is 23.1 Å². The SMILES string of the molecule is Nc1noc(-c2nc(-c3cc4ccccc4o3)c(N3CCCCCC3)nc2N)n1. The van der Waals surface area contributed by atoms with Crippen LogP contribution in [0.1, 0.15) is 25.7 Å². The number of furan rings is 1. The second-order valence-corrected chi connectivity index (χ2v) is 7.14. The van der Waals surface area contributed by atoms with Gasteiger partial charge in [0.1, 0.15) is 11.3 Å². The minimum absolute atomic E-state index is 0.0167. The van der Waals surface area contributed by atoms with E-state index in [0.29, 0.717) is 23.0 Å². The molecule has 0 radical (unpaired) electrons. The van der Waals surface area contributed by atoms with E-state index in [2.05, 4.69) is 20.0 Å². The lowest BCUT2D eigenvalue weighted by Gasteiger charge is -2.23. The van der Waals surface area contributed by atoms with Crippen molar-refractivity contribution in [2.45, 2.75) is 25.7 Å². The molecule has 4 N–H and O–H groups in total. The van der Waals surface area contributed by atoms with Crippen LogP contribution in [-0.2, 0) is 0 Å². The first-order chi connectivity index (χ1) is 14.2. The number of nitrogen functional groups attached to an aromatic ring is 2. The third kappa shape index (κ3) is 3.24. The lowest BCUT2D eigenvalue weighted by atomic mass is 10.2. The van der Waals surface area contributed by atoms with Gasteiger partial charge in [-0.1, -0.05) is 31.0 Å². The van der Waals surface area contributed by atoms with Gasteiger partial charge in [-0.3, -0.25) is 0 Å². The predicted octanol–water partition coefficient (Wildman–Crippen LogP) is 3.48. The molecule has 5 rings (SSSR count). The molecule has 1 saturated heterocycles. The number of hydrogen-bond acceptors (Lipinski definition) is 9. The number of rotatable bonds is 3. The number of nitrogens with zero attached hydrogens (tertiary/aromatic N) is 5. The Morgan fingerprint density at radius 1 is 0.897 bits per heavy atom. The minimum atomic E-state index is 0.0167. The Morgan fingerprint density at radius 3 is 2.41 bits per heavy atom. The van der Waals surface area contributed by atoms with Crippen LogP contribution in [0, 0.1) is 0 Å². The smallest absolute Gasteiger partial charge is 0.281 e. The molecule has 0 unspecified atom stereocenters. The fourth-order valence-electron chi connectivity index (χ4n) is 3.69. The standard InChI is InChI=1S/C20H21N7O2/c21-17-16(19-25-20(22)26-29-19)23-15(14-11-12-7-3-4-8-13(12)28-14)18(24-17)27-9-5-1-2-6-10-27/h3-4,7-8,11H,1-2,5-6,9-10H2,(H2,21,24)(H2,22,26). The molecule has 4 heterocycles. The van der Waals surface area contributed by atoms with Gasteiger partial charge in [0.2, 0.25) is 0 Å². The van der Waals surface area contributed by atoms with Gasteiger partial charge >= 0.3 is 0 Å². The highest BCUT2D eigenvalue weighted by atomic mass is 16.5. The average molecular weight is 391 g/mol. The zero-order chi connectivity index (χ0) is 19.8. The zero-order valence-corrected chi connectivity index (χ0v) is 15.8. The second-order valence-electron chi connectivity index (χ2n) is 7.14. The quantitative estimate of drug-likeness (QED) is 0.538. The molecule has 0 bridgehead atoms. The highest BCUT2D eigenvalue weighted by molar-refractivity contribution is 5.85. The van der Waals surface area contributed by atoms with Gasteiger partial charge in [0.05, 0.1) is 0 Å². The third-order valence-electron chi connectivity index (χ3n) is 5.11. The van der Waals surface area contributed by atoms with Crippen molar-refractivity contribution in [2.75, 3.05) is 29.5 Å². The lowest BCUT2D eigenvalue weighted by molar-refractivity contribution is 0.432. The first-order valence-corrected chi connectivity index (χ1v) is 9.70. The summed E-state index contributed by atoms with van der Waals surface area (Å²) in [7, 11) is 0. The molecule has 0 spiro atoms. The van der Waals surface area contributed by atoms with Crippen molar-refractivity contribution < 1.29 is 8.94 Å². The van der Waals surface area contributed by atoms with Crippen LogP contribution in [0.3, 0.4) is 0 Å². The predicted molar refractivity (Wildman–Crippen MR) is 110 cm³/mol. The Balaban J connectivity index is 1.69. The van der Waals surface area contributed by atoms with Gasteiger partial charge in [-0.15, -0.1) is 0 Å². The molecule has 0 atom stereocenters. The summed E-state index contributed by atoms with van der Waals surface area (Å²) in [6, 6.07) is 9.79. The van der Waals surface area contributed by atoms with E-state index in [-0.39, 0.29) is 17.7 Å². The molecular weight excluding hydrogens is 370 g/mol. The van der Waals surface area contributed by atoms with Gasteiger partial charge in [0.25, 0.3) is 11.8 Å². The molecule has 0 amide bonds. The molecule has 1 aromatic carbocycles. The average Bonchev–Trinajstić information content (AvgIpc) is 3.25. The first-order valence-electron chi connectivity index (χ1n) is 9.70.